The van der Waals surface area contributed by atoms with E-state index in [1.807, 2.05) is 55.4 Å². The quantitative estimate of drug-likeness (QED) is 0.123. The number of likely N-dealkylation sites (N-methyl/N-ethyl adjacent to an activating group) is 7. The minimum Gasteiger partial charge on any atom is -0.466 e. The van der Waals surface area contributed by atoms with Gasteiger partial charge in [-0.15, -0.1) is 0 Å². The van der Waals surface area contributed by atoms with Crippen LogP contribution in [0.25, 0.3) is 0 Å². The van der Waals surface area contributed by atoms with Crippen molar-refractivity contribution in [1.82, 2.24) is 55.6 Å². The maximum absolute atomic E-state index is 15.2. The molecule has 0 saturated carbocycles. The standard InChI is InChI=1S/C64H115N11O14/c1-25-44-60(84)69(18)34-49(76)70(19)45(30-35(3)4)57(81)68-51(39(11)12)63(87)71(20)46(31-36(5)6)56(80)65-42(16)55(79)66-43(17)59(83)72(21)47(32-37(7)8)61(85)73(22)48(33-38(9)10)62(86)74(23)52(40(13)14)64(88)75(24)53(58(82)67-44)54(78)41(15)28-27-29-50(77)89-26-2/h35-48,51-54,78H,25-34H2,1-24H3,(H,65,80)(H,66,79)(H,67,82)(H,68,81)/t41-,42+,43-,44+,45+,46+,47+,48+,51+,52+,53+,54-/m1/s1. The second kappa shape index (κ2) is 37.1. The van der Waals surface area contributed by atoms with Crippen LogP contribution in [0.5, 0.6) is 0 Å². The minimum atomic E-state index is -1.70. The number of esters is 1. The van der Waals surface area contributed by atoms with E-state index in [0.717, 1.165) is 9.80 Å². The molecule has 1 aliphatic rings. The lowest BCUT2D eigenvalue weighted by Crippen LogP contribution is -2.63. The van der Waals surface area contributed by atoms with Gasteiger partial charge in [0.15, 0.2) is 0 Å². The number of rotatable bonds is 18. The van der Waals surface area contributed by atoms with Crippen LogP contribution in [0.2, 0.25) is 0 Å². The number of ether oxygens (including phenoxy) is 1. The smallest absolute Gasteiger partial charge is 0.305 e. The molecule has 0 aliphatic carbocycles. The van der Waals surface area contributed by atoms with E-state index in [4.69, 9.17) is 4.74 Å². The molecule has 5 N–H and O–H groups in total. The summed E-state index contributed by atoms with van der Waals surface area (Å²) in [6.07, 6.45) is -0.616. The average molecular weight is 1260 g/mol. The summed E-state index contributed by atoms with van der Waals surface area (Å²) in [6, 6.07) is -12.7. The Morgan fingerprint density at radius 1 is 0.483 bits per heavy atom. The number of carbonyl (C=O) groups is 12. The maximum Gasteiger partial charge on any atom is 0.305 e. The molecule has 1 heterocycles. The van der Waals surface area contributed by atoms with Crippen molar-refractivity contribution in [2.75, 3.05) is 62.5 Å². The Bertz CT molecular complexity index is 2420. The minimum absolute atomic E-state index is 0.0141. The first-order chi connectivity index (χ1) is 41.1. The monoisotopic (exact) mass is 1260 g/mol. The van der Waals surface area contributed by atoms with E-state index in [1.165, 1.54) is 87.7 Å². The maximum atomic E-state index is 15.2. The molecule has 0 aromatic heterocycles. The van der Waals surface area contributed by atoms with E-state index < -0.39 is 162 Å². The van der Waals surface area contributed by atoms with Gasteiger partial charge in [0.2, 0.25) is 65.0 Å². The van der Waals surface area contributed by atoms with Crippen LogP contribution in [0.1, 0.15) is 169 Å². The fourth-order valence-corrected chi connectivity index (χ4v) is 11.2. The molecular weight excluding hydrogens is 1150 g/mol. The number of hydrogen-bond donors (Lipinski definition) is 5. The highest BCUT2D eigenvalue weighted by Crippen LogP contribution is 2.26. The Kier molecular flexibility index (Phi) is 33.6. The van der Waals surface area contributed by atoms with E-state index >= 15 is 14.4 Å². The van der Waals surface area contributed by atoms with Gasteiger partial charge in [-0.05, 0) is 107 Å². The van der Waals surface area contributed by atoms with Crippen molar-refractivity contribution < 1.29 is 67.4 Å². The third kappa shape index (κ3) is 23.4. The molecule has 1 rings (SSSR count). The van der Waals surface area contributed by atoms with Crippen LogP contribution >= 0.6 is 0 Å². The van der Waals surface area contributed by atoms with Crippen molar-refractivity contribution in [3.8, 4) is 0 Å². The normalized spacial score (nSPS) is 26.1. The summed E-state index contributed by atoms with van der Waals surface area (Å²) in [6.45, 7) is 29.1. The van der Waals surface area contributed by atoms with Crippen LogP contribution in [0, 0.1) is 41.4 Å². The molecule has 1 fully saturated rings. The van der Waals surface area contributed by atoms with Crippen LogP contribution < -0.4 is 21.3 Å². The Morgan fingerprint density at radius 2 is 0.910 bits per heavy atom. The van der Waals surface area contributed by atoms with Crippen molar-refractivity contribution in [1.29, 1.82) is 0 Å². The highest BCUT2D eigenvalue weighted by molar-refractivity contribution is 5.99. The summed E-state index contributed by atoms with van der Waals surface area (Å²) < 4.78 is 5.10. The molecule has 89 heavy (non-hydrogen) atoms. The van der Waals surface area contributed by atoms with Crippen molar-refractivity contribution in [2.24, 2.45) is 41.4 Å². The first kappa shape index (κ1) is 80.6. The van der Waals surface area contributed by atoms with Gasteiger partial charge in [-0.1, -0.05) is 96.9 Å². The summed E-state index contributed by atoms with van der Waals surface area (Å²) in [4.78, 5) is 181. The predicted molar refractivity (Wildman–Crippen MR) is 339 cm³/mol. The topological polar surface area (TPSA) is 305 Å². The van der Waals surface area contributed by atoms with Crippen molar-refractivity contribution >= 4 is 70.9 Å². The molecule has 25 heteroatoms. The fourth-order valence-electron chi connectivity index (χ4n) is 11.2. The van der Waals surface area contributed by atoms with Gasteiger partial charge in [-0.25, -0.2) is 0 Å². The summed E-state index contributed by atoms with van der Waals surface area (Å²) in [5, 5.41) is 23.2. The lowest BCUT2D eigenvalue weighted by molar-refractivity contribution is -0.157. The van der Waals surface area contributed by atoms with Crippen molar-refractivity contribution in [2.45, 2.75) is 236 Å². The number of hydrogen-bond acceptors (Lipinski definition) is 14. The van der Waals surface area contributed by atoms with Crippen LogP contribution in [0.4, 0.5) is 0 Å². The molecule has 0 aromatic carbocycles. The van der Waals surface area contributed by atoms with Gasteiger partial charge < -0.3 is 65.4 Å². The molecule has 0 unspecified atom stereocenters. The van der Waals surface area contributed by atoms with Gasteiger partial charge in [0.1, 0.15) is 60.4 Å². The summed E-state index contributed by atoms with van der Waals surface area (Å²) in [5.41, 5.74) is 0. The van der Waals surface area contributed by atoms with Crippen LogP contribution in [-0.4, -0.2) is 239 Å². The molecule has 11 amide bonds. The Hall–Kier alpha value is -6.40. The second-order valence-electron chi connectivity index (χ2n) is 27.0. The first-order valence-electron chi connectivity index (χ1n) is 32.0. The molecular formula is C64H115N11O14. The van der Waals surface area contributed by atoms with E-state index in [0.29, 0.717) is 0 Å². The first-order valence-corrected chi connectivity index (χ1v) is 32.0. The van der Waals surface area contributed by atoms with Crippen LogP contribution in [0.3, 0.4) is 0 Å². The molecule has 0 bridgehead atoms. The molecule has 12 atom stereocenters. The van der Waals surface area contributed by atoms with Gasteiger partial charge >= 0.3 is 5.97 Å². The number of amides is 11. The van der Waals surface area contributed by atoms with Gasteiger partial charge in [-0.3, -0.25) is 57.5 Å². The van der Waals surface area contributed by atoms with E-state index in [-0.39, 0.29) is 81.6 Å². The molecule has 0 radical (unpaired) electrons. The zero-order valence-corrected chi connectivity index (χ0v) is 58.3. The number of aliphatic hydroxyl groups excluding tert-OH is 1. The number of aliphatic hydroxyl groups is 1. The Labute approximate surface area is 531 Å². The van der Waals surface area contributed by atoms with Gasteiger partial charge in [0.05, 0.1) is 19.3 Å². The van der Waals surface area contributed by atoms with E-state index in [9.17, 15) is 48.3 Å². The molecule has 1 saturated heterocycles. The Balaban J connectivity index is 4.35. The highest BCUT2D eigenvalue weighted by atomic mass is 16.5. The molecule has 0 aromatic rings. The third-order valence-electron chi connectivity index (χ3n) is 16.7. The fraction of sp³-hybridized carbons (Fsp3) is 0.812. The average Bonchev–Trinajstić information content (AvgIpc) is 0.954. The SMILES string of the molecule is CCOC(=O)CCC[C@@H](C)[C@@H](O)[C@H]1C(=O)N[C@@H](CC)C(=O)N(C)CC(=O)N(C)[C@@H](CC(C)C)C(=O)N[C@@H](C(C)C)C(=O)N(C)[C@@H](CC(C)C)C(=O)N[C@@H](C)C(=O)N[C@H](C)C(=O)N(C)[C@@H](CC(C)C)C(=O)N(C)[C@@H](CC(C)C)C(=O)N(C)[C@@H](C(C)C)C(=O)N1C. The summed E-state index contributed by atoms with van der Waals surface area (Å²) >= 11 is 0. The van der Waals surface area contributed by atoms with Gasteiger partial charge in [0.25, 0.3) is 0 Å². The third-order valence-corrected chi connectivity index (χ3v) is 16.7. The van der Waals surface area contributed by atoms with Gasteiger partial charge in [0, 0.05) is 55.8 Å². The second-order valence-corrected chi connectivity index (χ2v) is 27.0. The summed E-state index contributed by atoms with van der Waals surface area (Å²) in [7, 11) is 9.78. The largest absolute Gasteiger partial charge is 0.466 e. The van der Waals surface area contributed by atoms with E-state index in [1.54, 1.807) is 48.5 Å². The van der Waals surface area contributed by atoms with Crippen molar-refractivity contribution in [3.05, 3.63) is 0 Å². The van der Waals surface area contributed by atoms with Crippen molar-refractivity contribution in [3.63, 3.8) is 0 Å². The number of nitrogens with one attached hydrogen (secondary N) is 4. The van der Waals surface area contributed by atoms with Gasteiger partial charge in [-0.2, -0.15) is 0 Å². The highest BCUT2D eigenvalue weighted by Gasteiger charge is 2.46. The van der Waals surface area contributed by atoms with Crippen LogP contribution in [0.15, 0.2) is 0 Å². The molecule has 510 valence electrons. The number of nitrogens with zero attached hydrogens (tertiary/aromatic N) is 7. The predicted octanol–water partition coefficient (Wildman–Crippen LogP) is 3.04. The zero-order chi connectivity index (χ0) is 69.0. The Morgan fingerprint density at radius 3 is 1.37 bits per heavy atom. The zero-order valence-electron chi connectivity index (χ0n) is 58.3. The molecule has 25 nitrogen and oxygen atoms in total. The molecule has 1 aliphatic heterocycles. The number of carbonyl (C=O) groups excluding carboxylic acids is 12. The van der Waals surface area contributed by atoms with Crippen LogP contribution in [-0.2, 0) is 62.3 Å². The lowest BCUT2D eigenvalue weighted by atomic mass is 9.90. The molecule has 0 spiro atoms. The lowest BCUT2D eigenvalue weighted by Gasteiger charge is -2.41. The summed E-state index contributed by atoms with van der Waals surface area (Å²) in [5.74, 6) is -10.7. The van der Waals surface area contributed by atoms with E-state index in [2.05, 4.69) is 21.3 Å².